The molecule has 18 heavy (non-hydrogen) atoms. The Balaban J connectivity index is 2.32. The zero-order valence-electron chi connectivity index (χ0n) is 8.94. The van der Waals surface area contributed by atoms with E-state index >= 15 is 0 Å². The van der Waals surface area contributed by atoms with Crippen LogP contribution in [0.15, 0.2) is 40.8 Å². The molecule has 0 radical (unpaired) electrons. The van der Waals surface area contributed by atoms with E-state index < -0.39 is 5.97 Å². The van der Waals surface area contributed by atoms with Crippen LogP contribution in [-0.4, -0.2) is 26.0 Å². The van der Waals surface area contributed by atoms with Crippen molar-refractivity contribution in [2.45, 2.75) is 10.1 Å². The van der Waals surface area contributed by atoms with Crippen LogP contribution in [0.1, 0.15) is 16.1 Å². The molecular weight excluding hydrogens is 252 g/mol. The molecule has 0 atom stereocenters. The number of hydrogen-bond acceptors (Lipinski definition) is 6. The van der Waals surface area contributed by atoms with Gasteiger partial charge in [-0.25, -0.2) is 19.7 Å². The van der Waals surface area contributed by atoms with Crippen LogP contribution in [0.3, 0.4) is 0 Å². The van der Waals surface area contributed by atoms with E-state index in [-0.39, 0.29) is 11.3 Å². The molecule has 0 spiro atoms. The van der Waals surface area contributed by atoms with Gasteiger partial charge in [0.25, 0.3) is 0 Å². The van der Waals surface area contributed by atoms with Gasteiger partial charge in [0, 0.05) is 18.6 Å². The fourth-order valence-electron chi connectivity index (χ4n) is 1.17. The van der Waals surface area contributed by atoms with Crippen molar-refractivity contribution in [1.82, 2.24) is 15.0 Å². The lowest BCUT2D eigenvalue weighted by Crippen LogP contribution is -1.97. The van der Waals surface area contributed by atoms with Crippen LogP contribution in [0.4, 0.5) is 0 Å². The summed E-state index contributed by atoms with van der Waals surface area (Å²) in [5.41, 5.74) is 0.319. The number of aromatic carboxylic acids is 1. The molecule has 0 bridgehead atoms. The molecule has 0 amide bonds. The summed E-state index contributed by atoms with van der Waals surface area (Å²) in [6.07, 6.45) is 4.28. The van der Waals surface area contributed by atoms with E-state index in [1.54, 1.807) is 0 Å². The number of nitriles is 1. The number of aromatic nitrogens is 3. The van der Waals surface area contributed by atoms with E-state index in [2.05, 4.69) is 15.0 Å². The molecule has 6 nitrogen and oxygen atoms in total. The van der Waals surface area contributed by atoms with Crippen LogP contribution < -0.4 is 0 Å². The lowest BCUT2D eigenvalue weighted by molar-refractivity contribution is 0.0696. The minimum Gasteiger partial charge on any atom is -0.478 e. The van der Waals surface area contributed by atoms with Gasteiger partial charge in [-0.05, 0) is 23.9 Å². The fraction of sp³-hybridized carbons (Fsp3) is 0. The molecule has 0 fully saturated rings. The molecule has 2 aromatic rings. The summed E-state index contributed by atoms with van der Waals surface area (Å²) in [4.78, 5) is 22.7. The second-order valence-corrected chi connectivity index (χ2v) is 4.12. The maximum atomic E-state index is 10.8. The first-order valence-corrected chi connectivity index (χ1v) is 5.60. The van der Waals surface area contributed by atoms with Gasteiger partial charge in [0.15, 0.2) is 5.69 Å². The molecular formula is C11H6N4O2S. The molecule has 0 aliphatic heterocycles. The molecule has 0 aliphatic carbocycles. The second-order valence-electron chi connectivity index (χ2n) is 3.11. The highest BCUT2D eigenvalue weighted by atomic mass is 32.2. The average molecular weight is 258 g/mol. The fourth-order valence-corrected chi connectivity index (χ4v) is 1.98. The lowest BCUT2D eigenvalue weighted by atomic mass is 10.3. The van der Waals surface area contributed by atoms with Crippen LogP contribution in [0.25, 0.3) is 0 Å². The van der Waals surface area contributed by atoms with Crippen LogP contribution >= 0.6 is 11.8 Å². The Kier molecular flexibility index (Phi) is 3.50. The first kappa shape index (κ1) is 12.0. The van der Waals surface area contributed by atoms with Gasteiger partial charge in [0.1, 0.15) is 16.1 Å². The normalized spacial score (nSPS) is 9.72. The Bertz CT molecular complexity index is 639. The summed E-state index contributed by atoms with van der Waals surface area (Å²) < 4.78 is 0. The van der Waals surface area contributed by atoms with Gasteiger partial charge >= 0.3 is 5.97 Å². The monoisotopic (exact) mass is 258 g/mol. The first-order valence-electron chi connectivity index (χ1n) is 4.79. The second kappa shape index (κ2) is 5.25. The number of carboxylic acids is 1. The van der Waals surface area contributed by atoms with Crippen LogP contribution in [0.2, 0.25) is 0 Å². The predicted molar refractivity (Wildman–Crippen MR) is 62.1 cm³/mol. The molecule has 0 saturated carbocycles. The Hall–Kier alpha value is -2.46. The van der Waals surface area contributed by atoms with E-state index in [1.165, 1.54) is 30.7 Å². The smallest absolute Gasteiger partial charge is 0.335 e. The SMILES string of the molecule is N#Cc1nccnc1Sc1cc(C(=O)O)ccn1. The molecule has 7 heteroatoms. The van der Waals surface area contributed by atoms with E-state index in [0.717, 1.165) is 11.8 Å². The molecule has 2 rings (SSSR count). The van der Waals surface area contributed by atoms with E-state index in [9.17, 15) is 4.79 Å². The quantitative estimate of drug-likeness (QED) is 0.892. The zero-order chi connectivity index (χ0) is 13.0. The van der Waals surface area contributed by atoms with Crippen molar-refractivity contribution in [3.05, 3.63) is 42.0 Å². The summed E-state index contributed by atoms with van der Waals surface area (Å²) in [6.45, 7) is 0. The predicted octanol–water partition coefficient (Wildman–Crippen LogP) is 1.59. The van der Waals surface area contributed by atoms with Crippen molar-refractivity contribution < 1.29 is 9.90 Å². The Morgan fingerprint density at radius 2 is 2.06 bits per heavy atom. The van der Waals surface area contributed by atoms with Gasteiger partial charge in [-0.15, -0.1) is 0 Å². The largest absolute Gasteiger partial charge is 0.478 e. The third kappa shape index (κ3) is 2.61. The highest BCUT2D eigenvalue weighted by Gasteiger charge is 2.09. The van der Waals surface area contributed by atoms with E-state index in [1.807, 2.05) is 6.07 Å². The number of hydrogen-bond donors (Lipinski definition) is 1. The lowest BCUT2D eigenvalue weighted by Gasteiger charge is -2.01. The number of rotatable bonds is 3. The molecule has 0 saturated heterocycles. The van der Waals surface area contributed by atoms with Gasteiger partial charge in [0.05, 0.1) is 5.56 Å². The van der Waals surface area contributed by atoms with Crippen molar-refractivity contribution in [3.63, 3.8) is 0 Å². The van der Waals surface area contributed by atoms with Crippen molar-refractivity contribution in [2.75, 3.05) is 0 Å². The maximum Gasteiger partial charge on any atom is 0.335 e. The number of carbonyl (C=O) groups is 1. The van der Waals surface area contributed by atoms with Gasteiger partial charge in [-0.1, -0.05) is 0 Å². The topological polar surface area (TPSA) is 99.8 Å². The summed E-state index contributed by atoms with van der Waals surface area (Å²) in [5.74, 6) is -1.03. The summed E-state index contributed by atoms with van der Waals surface area (Å²) in [6, 6.07) is 4.73. The summed E-state index contributed by atoms with van der Waals surface area (Å²) in [5, 5.41) is 18.6. The minimum absolute atomic E-state index is 0.134. The third-order valence-electron chi connectivity index (χ3n) is 1.95. The molecule has 2 heterocycles. The molecule has 88 valence electrons. The molecule has 0 aliphatic rings. The highest BCUT2D eigenvalue weighted by Crippen LogP contribution is 2.26. The Morgan fingerprint density at radius 1 is 1.28 bits per heavy atom. The van der Waals surface area contributed by atoms with Crippen LogP contribution in [0.5, 0.6) is 0 Å². The summed E-state index contributed by atoms with van der Waals surface area (Å²) in [7, 11) is 0. The molecule has 1 N–H and O–H groups in total. The molecule has 0 aromatic carbocycles. The van der Waals surface area contributed by atoms with Gasteiger partial charge in [0.2, 0.25) is 0 Å². The summed E-state index contributed by atoms with van der Waals surface area (Å²) >= 11 is 1.10. The number of carboxylic acid groups (broad SMARTS) is 1. The Morgan fingerprint density at radius 3 is 2.78 bits per heavy atom. The third-order valence-corrected chi connectivity index (χ3v) is 2.88. The van der Waals surface area contributed by atoms with Crippen molar-refractivity contribution in [2.24, 2.45) is 0 Å². The van der Waals surface area contributed by atoms with Gasteiger partial charge in [-0.3, -0.25) is 0 Å². The van der Waals surface area contributed by atoms with E-state index in [0.29, 0.717) is 10.1 Å². The first-order chi connectivity index (χ1) is 8.70. The zero-order valence-corrected chi connectivity index (χ0v) is 9.76. The Labute approximate surface area is 106 Å². The van der Waals surface area contributed by atoms with Gasteiger partial charge in [-0.2, -0.15) is 5.26 Å². The number of pyridine rings is 1. The highest BCUT2D eigenvalue weighted by molar-refractivity contribution is 7.99. The van der Waals surface area contributed by atoms with Crippen molar-refractivity contribution in [1.29, 1.82) is 5.26 Å². The van der Waals surface area contributed by atoms with Gasteiger partial charge < -0.3 is 5.11 Å². The minimum atomic E-state index is -1.03. The van der Waals surface area contributed by atoms with Crippen molar-refractivity contribution >= 4 is 17.7 Å². The number of nitrogens with zero attached hydrogens (tertiary/aromatic N) is 4. The average Bonchev–Trinajstić information content (AvgIpc) is 2.39. The maximum absolute atomic E-state index is 10.8. The van der Waals surface area contributed by atoms with Crippen molar-refractivity contribution in [3.8, 4) is 6.07 Å². The molecule has 0 unspecified atom stereocenters. The molecule has 2 aromatic heterocycles. The van der Waals surface area contributed by atoms with Crippen LogP contribution in [-0.2, 0) is 0 Å². The van der Waals surface area contributed by atoms with Crippen LogP contribution in [0, 0.1) is 11.3 Å². The van der Waals surface area contributed by atoms with E-state index in [4.69, 9.17) is 10.4 Å². The standard InChI is InChI=1S/C11H6N4O2S/c12-6-8-10(15-4-3-13-8)18-9-5-7(11(16)17)1-2-14-9/h1-5H,(H,16,17).